The Kier molecular flexibility index (Phi) is 3.99. The lowest BCUT2D eigenvalue weighted by molar-refractivity contribution is -0.122. The predicted molar refractivity (Wildman–Crippen MR) is 79.5 cm³/mol. The van der Waals surface area contributed by atoms with Gasteiger partial charge in [0.15, 0.2) is 0 Å². The molecule has 0 saturated carbocycles. The lowest BCUT2D eigenvalue weighted by Crippen LogP contribution is -2.32. The Bertz CT molecular complexity index is 656. The molecule has 0 radical (unpaired) electrons. The molecule has 0 spiro atoms. The average molecular weight is 294 g/mol. The van der Waals surface area contributed by atoms with E-state index in [9.17, 15) is 9.59 Å². The fourth-order valence-electron chi connectivity index (χ4n) is 1.59. The number of aromatic amines is 1. The number of benzene rings is 1. The van der Waals surface area contributed by atoms with E-state index >= 15 is 0 Å². The van der Waals surface area contributed by atoms with Crippen molar-refractivity contribution in [2.45, 2.75) is 13.8 Å². The first-order valence-corrected chi connectivity index (χ1v) is 6.71. The first kappa shape index (κ1) is 14.4. The monoisotopic (exact) mass is 293 g/mol. The Morgan fingerprint density at radius 3 is 2.50 bits per heavy atom. The first-order chi connectivity index (χ1) is 9.44. The number of hydrogen-bond donors (Lipinski definition) is 2. The summed E-state index contributed by atoms with van der Waals surface area (Å²) in [4.78, 5) is 26.0. The van der Waals surface area contributed by atoms with Gasteiger partial charge in [-0.1, -0.05) is 0 Å². The second kappa shape index (κ2) is 5.54. The van der Waals surface area contributed by atoms with Crippen LogP contribution in [0.5, 0.6) is 0 Å². The molecule has 6 heteroatoms. The van der Waals surface area contributed by atoms with E-state index in [-0.39, 0.29) is 17.5 Å². The highest BCUT2D eigenvalue weighted by Gasteiger charge is 2.26. The third-order valence-electron chi connectivity index (χ3n) is 3.00. The molecule has 106 valence electrons. The van der Waals surface area contributed by atoms with Crippen LogP contribution >= 0.6 is 11.6 Å². The predicted octanol–water partition coefficient (Wildman–Crippen LogP) is 2.37. The van der Waals surface area contributed by atoms with Crippen molar-refractivity contribution < 1.29 is 4.79 Å². The van der Waals surface area contributed by atoms with Gasteiger partial charge < -0.3 is 10.3 Å². The van der Waals surface area contributed by atoms with Crippen molar-refractivity contribution in [3.63, 3.8) is 0 Å². The van der Waals surface area contributed by atoms with Gasteiger partial charge in [-0.3, -0.25) is 9.36 Å². The molecular weight excluding hydrogens is 278 g/mol. The van der Waals surface area contributed by atoms with Crippen LogP contribution in [0.2, 0.25) is 0 Å². The van der Waals surface area contributed by atoms with Crippen LogP contribution in [-0.2, 0) is 4.79 Å². The van der Waals surface area contributed by atoms with Gasteiger partial charge in [0, 0.05) is 24.0 Å². The SMILES string of the molecule is CC(C)(CCl)C(=O)Nc1ccc(-n2cc[nH]c2=O)cc1. The fourth-order valence-corrected chi connectivity index (χ4v) is 1.71. The van der Waals surface area contributed by atoms with Crippen LogP contribution in [0.25, 0.3) is 5.69 Å². The average Bonchev–Trinajstić information content (AvgIpc) is 2.86. The molecule has 1 aromatic carbocycles. The molecule has 0 aliphatic carbocycles. The van der Waals surface area contributed by atoms with E-state index in [0.29, 0.717) is 5.69 Å². The Labute approximate surface area is 121 Å². The molecule has 0 aliphatic rings. The number of amides is 1. The second-order valence-electron chi connectivity index (χ2n) is 5.15. The molecule has 2 rings (SSSR count). The number of anilines is 1. The topological polar surface area (TPSA) is 66.9 Å². The van der Waals surface area contributed by atoms with E-state index in [1.54, 1.807) is 50.5 Å². The van der Waals surface area contributed by atoms with Gasteiger partial charge >= 0.3 is 5.69 Å². The highest BCUT2D eigenvalue weighted by Crippen LogP contribution is 2.20. The number of rotatable bonds is 4. The fraction of sp³-hybridized carbons (Fsp3) is 0.286. The number of nitrogens with zero attached hydrogens (tertiary/aromatic N) is 1. The maximum atomic E-state index is 12.0. The van der Waals surface area contributed by atoms with Crippen molar-refractivity contribution in [2.24, 2.45) is 5.41 Å². The number of H-pyrrole nitrogens is 1. The van der Waals surface area contributed by atoms with Crippen LogP contribution in [0.1, 0.15) is 13.8 Å². The van der Waals surface area contributed by atoms with E-state index in [0.717, 1.165) is 5.69 Å². The molecule has 0 saturated heterocycles. The molecule has 2 N–H and O–H groups in total. The zero-order valence-electron chi connectivity index (χ0n) is 11.3. The summed E-state index contributed by atoms with van der Waals surface area (Å²) in [6.07, 6.45) is 3.22. The number of aromatic nitrogens is 2. The van der Waals surface area contributed by atoms with Crippen LogP contribution in [0.4, 0.5) is 5.69 Å². The zero-order chi connectivity index (χ0) is 14.8. The van der Waals surface area contributed by atoms with Crippen molar-refractivity contribution >= 4 is 23.2 Å². The molecule has 0 fully saturated rings. The highest BCUT2D eigenvalue weighted by molar-refractivity contribution is 6.20. The standard InChI is InChI=1S/C14H16ClN3O2/c1-14(2,9-15)12(19)17-10-3-5-11(6-4-10)18-8-7-16-13(18)20/h3-8H,9H2,1-2H3,(H,16,20)(H,17,19). The molecule has 5 nitrogen and oxygen atoms in total. The van der Waals surface area contributed by atoms with Crippen molar-refractivity contribution in [1.82, 2.24) is 9.55 Å². The summed E-state index contributed by atoms with van der Waals surface area (Å²) in [7, 11) is 0. The molecule has 0 aliphatic heterocycles. The summed E-state index contributed by atoms with van der Waals surface area (Å²) in [6.45, 7) is 3.56. The molecule has 1 aromatic heterocycles. The highest BCUT2D eigenvalue weighted by atomic mass is 35.5. The molecule has 0 bridgehead atoms. The quantitative estimate of drug-likeness (QED) is 0.850. The zero-order valence-corrected chi connectivity index (χ0v) is 12.1. The summed E-state index contributed by atoms with van der Waals surface area (Å²) in [5.74, 6) is 0.106. The van der Waals surface area contributed by atoms with Crippen LogP contribution in [0.3, 0.4) is 0 Å². The van der Waals surface area contributed by atoms with E-state index in [1.165, 1.54) is 4.57 Å². The van der Waals surface area contributed by atoms with Gasteiger partial charge in [-0.2, -0.15) is 0 Å². The molecule has 1 amide bonds. The summed E-state index contributed by atoms with van der Waals surface area (Å²) in [5, 5.41) is 2.80. The van der Waals surface area contributed by atoms with Crippen LogP contribution < -0.4 is 11.0 Å². The first-order valence-electron chi connectivity index (χ1n) is 6.18. The minimum Gasteiger partial charge on any atom is -0.326 e. The van der Waals surface area contributed by atoms with Gasteiger partial charge in [0.2, 0.25) is 5.91 Å². The van der Waals surface area contributed by atoms with Gasteiger partial charge in [0.1, 0.15) is 0 Å². The normalized spacial score (nSPS) is 11.3. The third-order valence-corrected chi connectivity index (χ3v) is 3.67. The van der Waals surface area contributed by atoms with Crippen molar-refractivity contribution in [3.05, 3.63) is 47.1 Å². The van der Waals surface area contributed by atoms with Gasteiger partial charge in [-0.15, -0.1) is 11.6 Å². The second-order valence-corrected chi connectivity index (χ2v) is 5.42. The van der Waals surface area contributed by atoms with Gasteiger partial charge in [0.05, 0.1) is 11.1 Å². The maximum Gasteiger partial charge on any atom is 0.330 e. The van der Waals surface area contributed by atoms with Gasteiger partial charge in [0.25, 0.3) is 0 Å². The molecule has 20 heavy (non-hydrogen) atoms. The summed E-state index contributed by atoms with van der Waals surface area (Å²) >= 11 is 5.76. The van der Waals surface area contributed by atoms with Crippen molar-refractivity contribution in [2.75, 3.05) is 11.2 Å². The number of hydrogen-bond acceptors (Lipinski definition) is 2. The number of carbonyl (C=O) groups is 1. The summed E-state index contributed by atoms with van der Waals surface area (Å²) in [6, 6.07) is 7.02. The van der Waals surface area contributed by atoms with Crippen LogP contribution in [-0.4, -0.2) is 21.3 Å². The minimum atomic E-state index is -0.627. The van der Waals surface area contributed by atoms with E-state index in [4.69, 9.17) is 11.6 Å². The number of carbonyl (C=O) groups excluding carboxylic acids is 1. The van der Waals surface area contributed by atoms with Crippen LogP contribution in [0, 0.1) is 5.41 Å². The molecular formula is C14H16ClN3O2. The number of halogens is 1. The molecule has 2 aromatic rings. The Morgan fingerprint density at radius 2 is 2.00 bits per heavy atom. The smallest absolute Gasteiger partial charge is 0.326 e. The summed E-state index contributed by atoms with van der Waals surface area (Å²) < 4.78 is 1.48. The molecule has 1 heterocycles. The largest absolute Gasteiger partial charge is 0.330 e. The molecule has 0 unspecified atom stereocenters. The van der Waals surface area contributed by atoms with E-state index in [1.807, 2.05) is 0 Å². The maximum absolute atomic E-state index is 12.0. The number of nitrogens with one attached hydrogen (secondary N) is 2. The number of alkyl halides is 1. The van der Waals surface area contributed by atoms with Gasteiger partial charge in [-0.05, 0) is 38.1 Å². The summed E-state index contributed by atoms with van der Waals surface area (Å²) in [5.41, 5.74) is 0.564. The Balaban J connectivity index is 2.16. The lowest BCUT2D eigenvalue weighted by Gasteiger charge is -2.20. The Morgan fingerprint density at radius 1 is 1.35 bits per heavy atom. The lowest BCUT2D eigenvalue weighted by atomic mass is 9.95. The van der Waals surface area contributed by atoms with Crippen molar-refractivity contribution in [3.8, 4) is 5.69 Å². The van der Waals surface area contributed by atoms with E-state index in [2.05, 4.69) is 10.3 Å². The molecule has 0 atom stereocenters. The van der Waals surface area contributed by atoms with Crippen molar-refractivity contribution in [1.29, 1.82) is 0 Å². The third kappa shape index (κ3) is 2.93. The number of imidazole rings is 1. The van der Waals surface area contributed by atoms with Gasteiger partial charge in [-0.25, -0.2) is 4.79 Å². The Hall–Kier alpha value is -2.01. The minimum absolute atomic E-state index is 0.140. The van der Waals surface area contributed by atoms with E-state index < -0.39 is 5.41 Å². The van der Waals surface area contributed by atoms with Crippen LogP contribution in [0.15, 0.2) is 41.5 Å².